The molecule has 14 heteroatoms. The molecule has 0 radical (unpaired) electrons. The minimum atomic E-state index is -5.00. The van der Waals surface area contributed by atoms with Gasteiger partial charge >= 0.3 is 13.5 Å². The summed E-state index contributed by atoms with van der Waals surface area (Å²) in [4.78, 5) is 54.3. The van der Waals surface area contributed by atoms with Crippen molar-refractivity contribution < 1.29 is 18.9 Å². The van der Waals surface area contributed by atoms with Crippen LogP contribution in [0.1, 0.15) is 19.4 Å². The standard InChI is InChI=1S/C24H20N7O6P/c1-24(2,12-25)15-3-5-16(6-4-15)31-21-17(22(32)30(23(31)33)13-37-38(34,35)36)11-26-19-8-7-18(29-20(19)21)14-9-27-28-10-14/h3-11H,13H2,1-2H3,(H,27,28)(H2,34,35,36). The summed E-state index contributed by atoms with van der Waals surface area (Å²) < 4.78 is 17.6. The Labute approximate surface area is 213 Å². The maximum Gasteiger partial charge on any atom is 0.471 e. The van der Waals surface area contributed by atoms with Gasteiger partial charge in [0.05, 0.1) is 45.5 Å². The van der Waals surface area contributed by atoms with Crippen LogP contribution in [0.4, 0.5) is 0 Å². The molecule has 0 saturated carbocycles. The normalized spacial score (nSPS) is 12.2. The van der Waals surface area contributed by atoms with Gasteiger partial charge < -0.3 is 9.79 Å². The highest BCUT2D eigenvalue weighted by molar-refractivity contribution is 7.46. The molecule has 0 aliphatic carbocycles. The second-order valence-corrected chi connectivity index (χ2v) is 10.2. The molecule has 1 aromatic carbocycles. The molecule has 0 amide bonds. The van der Waals surface area contributed by atoms with Gasteiger partial charge in [0.25, 0.3) is 5.56 Å². The van der Waals surface area contributed by atoms with Crippen LogP contribution < -0.4 is 11.2 Å². The summed E-state index contributed by atoms with van der Waals surface area (Å²) in [6, 6.07) is 12.2. The summed E-state index contributed by atoms with van der Waals surface area (Å²) in [5, 5.41) is 16.1. The predicted molar refractivity (Wildman–Crippen MR) is 136 cm³/mol. The molecule has 4 aromatic heterocycles. The van der Waals surface area contributed by atoms with Crippen LogP contribution in [-0.4, -0.2) is 39.1 Å². The highest BCUT2D eigenvalue weighted by atomic mass is 31.2. The van der Waals surface area contributed by atoms with Gasteiger partial charge in [0, 0.05) is 18.0 Å². The lowest BCUT2D eigenvalue weighted by Gasteiger charge is -2.18. The number of aromatic amines is 1. The predicted octanol–water partition coefficient (Wildman–Crippen LogP) is 2.35. The van der Waals surface area contributed by atoms with Gasteiger partial charge in [-0.2, -0.15) is 10.4 Å². The van der Waals surface area contributed by atoms with E-state index in [1.165, 1.54) is 10.8 Å². The van der Waals surface area contributed by atoms with Crippen molar-refractivity contribution in [3.63, 3.8) is 0 Å². The zero-order chi connectivity index (χ0) is 27.2. The van der Waals surface area contributed by atoms with Gasteiger partial charge in [0.2, 0.25) is 0 Å². The van der Waals surface area contributed by atoms with E-state index in [1.54, 1.807) is 62.6 Å². The van der Waals surface area contributed by atoms with E-state index in [2.05, 4.69) is 30.8 Å². The lowest BCUT2D eigenvalue weighted by atomic mass is 9.86. The second-order valence-electron chi connectivity index (χ2n) is 8.96. The average Bonchev–Trinajstić information content (AvgIpc) is 3.43. The first-order valence-electron chi connectivity index (χ1n) is 11.2. The number of nitrogens with zero attached hydrogens (tertiary/aromatic N) is 6. The smallest absolute Gasteiger partial charge is 0.303 e. The van der Waals surface area contributed by atoms with E-state index in [4.69, 9.17) is 9.79 Å². The van der Waals surface area contributed by atoms with Crippen LogP contribution in [0.5, 0.6) is 0 Å². The summed E-state index contributed by atoms with van der Waals surface area (Å²) in [5.74, 6) is 0. The van der Waals surface area contributed by atoms with E-state index < -0.39 is 31.2 Å². The first-order valence-corrected chi connectivity index (χ1v) is 12.7. The number of phosphoric acid groups is 1. The number of phosphoric ester groups is 1. The van der Waals surface area contributed by atoms with Crippen LogP contribution in [0.25, 0.3) is 38.9 Å². The van der Waals surface area contributed by atoms with Gasteiger partial charge in [-0.1, -0.05) is 12.1 Å². The Kier molecular flexibility index (Phi) is 6.05. The molecule has 0 aliphatic rings. The summed E-state index contributed by atoms with van der Waals surface area (Å²) in [6.45, 7) is 2.52. The average molecular weight is 533 g/mol. The van der Waals surface area contributed by atoms with Crippen LogP contribution in [0.3, 0.4) is 0 Å². The van der Waals surface area contributed by atoms with E-state index in [1.807, 2.05) is 0 Å². The summed E-state index contributed by atoms with van der Waals surface area (Å²) in [7, 11) is -5.00. The summed E-state index contributed by atoms with van der Waals surface area (Å²) >= 11 is 0. The molecular weight excluding hydrogens is 513 g/mol. The Bertz CT molecular complexity index is 1900. The van der Waals surface area contributed by atoms with Crippen LogP contribution in [-0.2, 0) is 21.2 Å². The molecular formula is C24H20N7O6P. The maximum atomic E-state index is 13.7. The molecule has 5 aromatic rings. The number of hydrogen-bond donors (Lipinski definition) is 3. The minimum absolute atomic E-state index is 0.0234. The van der Waals surface area contributed by atoms with Crippen molar-refractivity contribution in [1.82, 2.24) is 29.3 Å². The number of nitriles is 1. The Morgan fingerprint density at radius 1 is 1.13 bits per heavy atom. The molecule has 192 valence electrons. The molecule has 3 N–H and O–H groups in total. The molecule has 0 saturated heterocycles. The fourth-order valence-corrected chi connectivity index (χ4v) is 4.28. The maximum absolute atomic E-state index is 13.7. The van der Waals surface area contributed by atoms with Gasteiger partial charge in [-0.3, -0.25) is 24.0 Å². The lowest BCUT2D eigenvalue weighted by molar-refractivity contribution is 0.148. The summed E-state index contributed by atoms with van der Waals surface area (Å²) in [6.07, 6.45) is 4.49. The topological polar surface area (TPSA) is 189 Å². The SMILES string of the molecule is CC(C)(C#N)c1ccc(-n2c(=O)n(COP(=O)(O)O)c(=O)c3cnc4ccc(-c5cn[nH]c5)nc4c32)cc1. The molecule has 5 rings (SSSR count). The van der Waals surface area contributed by atoms with Gasteiger partial charge in [-0.05, 0) is 43.7 Å². The molecule has 4 heterocycles. The van der Waals surface area contributed by atoms with Gasteiger partial charge in [0.15, 0.2) is 0 Å². The monoisotopic (exact) mass is 533 g/mol. The molecule has 0 bridgehead atoms. The number of aromatic nitrogens is 6. The first kappa shape index (κ1) is 25.2. The third-order valence-electron chi connectivity index (χ3n) is 6.08. The Morgan fingerprint density at radius 3 is 2.50 bits per heavy atom. The molecule has 0 spiro atoms. The highest BCUT2D eigenvalue weighted by Gasteiger charge is 2.23. The highest BCUT2D eigenvalue weighted by Crippen LogP contribution is 2.36. The van der Waals surface area contributed by atoms with Crippen molar-refractivity contribution in [3.05, 3.63) is 81.4 Å². The van der Waals surface area contributed by atoms with Crippen molar-refractivity contribution in [2.45, 2.75) is 26.0 Å². The Morgan fingerprint density at radius 2 is 1.87 bits per heavy atom. The van der Waals surface area contributed by atoms with Crippen LogP contribution in [0, 0.1) is 11.3 Å². The van der Waals surface area contributed by atoms with Crippen molar-refractivity contribution in [3.8, 4) is 23.0 Å². The van der Waals surface area contributed by atoms with Gasteiger partial charge in [0.1, 0.15) is 12.2 Å². The zero-order valence-electron chi connectivity index (χ0n) is 20.1. The third-order valence-corrected chi connectivity index (χ3v) is 6.53. The quantitative estimate of drug-likeness (QED) is 0.216. The van der Waals surface area contributed by atoms with Crippen molar-refractivity contribution in [2.75, 3.05) is 0 Å². The summed E-state index contributed by atoms with van der Waals surface area (Å²) in [5.41, 5.74) is 0.451. The van der Waals surface area contributed by atoms with E-state index in [-0.39, 0.29) is 16.4 Å². The third kappa shape index (κ3) is 4.42. The fraction of sp³-hybridized carbons (Fsp3) is 0.167. The number of nitrogens with one attached hydrogen (secondary N) is 1. The number of hydrogen-bond acceptors (Lipinski definition) is 8. The van der Waals surface area contributed by atoms with Crippen molar-refractivity contribution in [2.24, 2.45) is 0 Å². The number of fused-ring (bicyclic) bond motifs is 3. The van der Waals surface area contributed by atoms with Crippen molar-refractivity contribution in [1.29, 1.82) is 5.26 Å². The Hall–Kier alpha value is -4.47. The van der Waals surface area contributed by atoms with E-state index >= 15 is 0 Å². The number of benzene rings is 1. The van der Waals surface area contributed by atoms with E-state index in [0.29, 0.717) is 32.6 Å². The molecule has 0 unspecified atom stereocenters. The second kappa shape index (κ2) is 9.13. The molecule has 38 heavy (non-hydrogen) atoms. The molecule has 0 aliphatic heterocycles. The minimum Gasteiger partial charge on any atom is -0.303 e. The first-order chi connectivity index (χ1) is 18.0. The van der Waals surface area contributed by atoms with Gasteiger partial charge in [-0.25, -0.2) is 18.9 Å². The van der Waals surface area contributed by atoms with Crippen LogP contribution in [0.15, 0.2) is 64.6 Å². The lowest BCUT2D eigenvalue weighted by Crippen LogP contribution is -2.40. The van der Waals surface area contributed by atoms with Crippen molar-refractivity contribution >= 4 is 29.8 Å². The fourth-order valence-electron chi connectivity index (χ4n) is 4.01. The van der Waals surface area contributed by atoms with Crippen LogP contribution in [0.2, 0.25) is 0 Å². The van der Waals surface area contributed by atoms with Gasteiger partial charge in [-0.15, -0.1) is 0 Å². The number of H-pyrrole nitrogens is 1. The van der Waals surface area contributed by atoms with E-state index in [0.717, 1.165) is 0 Å². The molecule has 0 atom stereocenters. The largest absolute Gasteiger partial charge is 0.471 e. The molecule has 13 nitrogen and oxygen atoms in total. The zero-order valence-corrected chi connectivity index (χ0v) is 21.0. The van der Waals surface area contributed by atoms with E-state index in [9.17, 15) is 19.4 Å². The molecule has 0 fully saturated rings. The number of rotatable bonds is 6. The Balaban J connectivity index is 1.86. The van der Waals surface area contributed by atoms with Crippen LogP contribution >= 0.6 is 7.82 Å². The number of pyridine rings is 2.